The smallest absolute Gasteiger partial charge is 0.328 e. The normalized spacial score (nSPS) is 15.8. The molecule has 10 heteroatoms. The number of nitrogens with zero attached hydrogens (tertiary/aromatic N) is 2. The van der Waals surface area contributed by atoms with Gasteiger partial charge in [0.15, 0.2) is 0 Å². The van der Waals surface area contributed by atoms with Gasteiger partial charge in [-0.1, -0.05) is 23.7 Å². The fraction of sp³-hybridized carbons (Fsp3) is 0.550. The van der Waals surface area contributed by atoms with Crippen molar-refractivity contribution in [1.29, 1.82) is 0 Å². The van der Waals surface area contributed by atoms with E-state index in [2.05, 4.69) is 10.6 Å². The molecule has 166 valence electrons. The number of anilines is 1. The summed E-state index contributed by atoms with van der Waals surface area (Å²) in [5, 5.41) is 6.09. The molecule has 0 radical (unpaired) electrons. The van der Waals surface area contributed by atoms with Crippen molar-refractivity contribution in [3.8, 4) is 0 Å². The van der Waals surface area contributed by atoms with Gasteiger partial charge in [0.05, 0.1) is 24.4 Å². The maximum Gasteiger partial charge on any atom is 0.328 e. The minimum Gasteiger partial charge on any atom is -0.467 e. The molecule has 1 atom stereocenters. The lowest BCUT2D eigenvalue weighted by Gasteiger charge is -2.24. The van der Waals surface area contributed by atoms with Gasteiger partial charge in [0.25, 0.3) is 0 Å². The quantitative estimate of drug-likeness (QED) is 0.583. The SMILES string of the molecule is COC(=O)C(CCSC)NC(=O)N1CCCN(CC(=O)Nc2ccccc2Cl)CC1. The Hall–Kier alpha value is -1.97. The molecule has 1 aliphatic rings. The Kier molecular flexibility index (Phi) is 10.3. The van der Waals surface area contributed by atoms with Gasteiger partial charge >= 0.3 is 12.0 Å². The number of thioether (sulfide) groups is 1. The van der Waals surface area contributed by atoms with Crippen molar-refractivity contribution in [3.05, 3.63) is 29.3 Å². The Labute approximate surface area is 186 Å². The summed E-state index contributed by atoms with van der Waals surface area (Å²) >= 11 is 7.69. The van der Waals surface area contributed by atoms with Gasteiger partial charge < -0.3 is 20.3 Å². The Morgan fingerprint density at radius 3 is 2.67 bits per heavy atom. The molecule has 0 bridgehead atoms. The third kappa shape index (κ3) is 7.70. The van der Waals surface area contributed by atoms with Crippen LogP contribution < -0.4 is 10.6 Å². The summed E-state index contributed by atoms with van der Waals surface area (Å²) in [6.45, 7) is 2.52. The number of para-hydroxylation sites is 1. The van der Waals surface area contributed by atoms with E-state index < -0.39 is 12.0 Å². The molecule has 1 fully saturated rings. The Balaban J connectivity index is 1.84. The maximum atomic E-state index is 12.6. The van der Waals surface area contributed by atoms with Crippen LogP contribution in [-0.4, -0.2) is 85.6 Å². The number of rotatable bonds is 8. The molecule has 8 nitrogen and oxygen atoms in total. The van der Waals surface area contributed by atoms with Gasteiger partial charge in [0.2, 0.25) is 5.91 Å². The largest absolute Gasteiger partial charge is 0.467 e. The summed E-state index contributed by atoms with van der Waals surface area (Å²) in [4.78, 5) is 40.6. The van der Waals surface area contributed by atoms with E-state index in [4.69, 9.17) is 16.3 Å². The fourth-order valence-electron chi connectivity index (χ4n) is 3.15. The number of benzene rings is 1. The summed E-state index contributed by atoms with van der Waals surface area (Å²) in [6.07, 6.45) is 3.20. The van der Waals surface area contributed by atoms with Crippen molar-refractivity contribution in [2.75, 3.05) is 57.2 Å². The van der Waals surface area contributed by atoms with Crippen LogP contribution in [0.15, 0.2) is 24.3 Å². The van der Waals surface area contributed by atoms with Crippen molar-refractivity contribution < 1.29 is 19.1 Å². The van der Waals surface area contributed by atoms with Crippen molar-refractivity contribution >= 4 is 47.0 Å². The molecule has 1 heterocycles. The molecule has 1 saturated heterocycles. The van der Waals surface area contributed by atoms with E-state index in [0.29, 0.717) is 43.3 Å². The molecule has 2 rings (SSSR count). The summed E-state index contributed by atoms with van der Waals surface area (Å²) in [6, 6.07) is 6.15. The van der Waals surface area contributed by atoms with E-state index in [1.807, 2.05) is 17.2 Å². The monoisotopic (exact) mass is 456 g/mol. The highest BCUT2D eigenvalue weighted by molar-refractivity contribution is 7.98. The second kappa shape index (κ2) is 12.7. The van der Waals surface area contributed by atoms with Gasteiger partial charge in [-0.25, -0.2) is 9.59 Å². The van der Waals surface area contributed by atoms with Crippen LogP contribution in [0.25, 0.3) is 0 Å². The number of carbonyl (C=O) groups excluding carboxylic acids is 3. The molecule has 1 aromatic rings. The lowest BCUT2D eigenvalue weighted by molar-refractivity contribution is -0.142. The van der Waals surface area contributed by atoms with E-state index in [9.17, 15) is 14.4 Å². The Morgan fingerprint density at radius 1 is 1.20 bits per heavy atom. The summed E-state index contributed by atoms with van der Waals surface area (Å²) in [5.74, 6) is 0.155. The van der Waals surface area contributed by atoms with Gasteiger partial charge in [0.1, 0.15) is 6.04 Å². The van der Waals surface area contributed by atoms with E-state index in [0.717, 1.165) is 12.2 Å². The van der Waals surface area contributed by atoms with Gasteiger partial charge in [-0.2, -0.15) is 11.8 Å². The van der Waals surface area contributed by atoms with Crippen molar-refractivity contribution in [3.63, 3.8) is 0 Å². The van der Waals surface area contributed by atoms with Crippen LogP contribution in [0.2, 0.25) is 5.02 Å². The number of amides is 3. The van der Waals surface area contributed by atoms with Crippen LogP contribution in [0.3, 0.4) is 0 Å². The number of halogens is 1. The minimum atomic E-state index is -0.657. The number of carbonyl (C=O) groups is 3. The number of hydrogen-bond acceptors (Lipinski definition) is 6. The first-order valence-corrected chi connectivity index (χ1v) is 11.6. The van der Waals surface area contributed by atoms with Crippen LogP contribution >= 0.6 is 23.4 Å². The zero-order valence-electron chi connectivity index (χ0n) is 17.4. The van der Waals surface area contributed by atoms with E-state index in [-0.39, 0.29) is 18.5 Å². The van der Waals surface area contributed by atoms with E-state index >= 15 is 0 Å². The average Bonchev–Trinajstić information content (AvgIpc) is 2.97. The maximum absolute atomic E-state index is 12.6. The van der Waals surface area contributed by atoms with Crippen LogP contribution in [0.5, 0.6) is 0 Å². The molecule has 1 aromatic carbocycles. The van der Waals surface area contributed by atoms with Gasteiger partial charge in [-0.05, 0) is 37.0 Å². The van der Waals surface area contributed by atoms with Gasteiger partial charge in [0, 0.05) is 26.2 Å². The van der Waals surface area contributed by atoms with Crippen molar-refractivity contribution in [1.82, 2.24) is 15.1 Å². The van der Waals surface area contributed by atoms with Crippen LogP contribution in [0.4, 0.5) is 10.5 Å². The van der Waals surface area contributed by atoms with Crippen molar-refractivity contribution in [2.24, 2.45) is 0 Å². The predicted octanol–water partition coefficient (Wildman–Crippen LogP) is 2.29. The topological polar surface area (TPSA) is 91.0 Å². The molecule has 2 N–H and O–H groups in total. The van der Waals surface area contributed by atoms with E-state index in [1.165, 1.54) is 7.11 Å². The summed E-state index contributed by atoms with van der Waals surface area (Å²) in [5.41, 5.74) is 0.582. The third-order valence-electron chi connectivity index (χ3n) is 4.78. The highest BCUT2D eigenvalue weighted by atomic mass is 35.5. The first-order chi connectivity index (χ1) is 14.4. The Morgan fingerprint density at radius 2 is 1.97 bits per heavy atom. The van der Waals surface area contributed by atoms with Crippen molar-refractivity contribution in [2.45, 2.75) is 18.9 Å². The minimum absolute atomic E-state index is 0.149. The summed E-state index contributed by atoms with van der Waals surface area (Å²) < 4.78 is 4.80. The Bertz CT molecular complexity index is 737. The molecule has 30 heavy (non-hydrogen) atoms. The molecular formula is C20H29ClN4O4S. The molecule has 0 spiro atoms. The number of hydrogen-bond donors (Lipinski definition) is 2. The van der Waals surface area contributed by atoms with Gasteiger partial charge in [-0.15, -0.1) is 0 Å². The number of esters is 1. The zero-order valence-corrected chi connectivity index (χ0v) is 18.9. The van der Waals surface area contributed by atoms with Crippen LogP contribution in [0.1, 0.15) is 12.8 Å². The standard InChI is InChI=1S/C20H29ClN4O4S/c1-29-19(27)17(8-13-30-2)23-20(28)25-10-5-9-24(11-12-25)14-18(26)22-16-7-4-3-6-15(16)21/h3-4,6-7,17H,5,8-14H2,1-2H3,(H,22,26)(H,23,28). The first-order valence-electron chi connectivity index (χ1n) is 9.83. The second-order valence-electron chi connectivity index (χ2n) is 6.95. The van der Waals surface area contributed by atoms with E-state index in [1.54, 1.807) is 34.9 Å². The molecule has 0 aliphatic carbocycles. The molecule has 3 amide bonds. The highest BCUT2D eigenvalue weighted by Crippen LogP contribution is 2.20. The fourth-order valence-corrected chi connectivity index (χ4v) is 3.81. The zero-order chi connectivity index (χ0) is 21.9. The lowest BCUT2D eigenvalue weighted by Crippen LogP contribution is -2.49. The number of urea groups is 1. The second-order valence-corrected chi connectivity index (χ2v) is 8.34. The molecule has 0 saturated carbocycles. The van der Waals surface area contributed by atoms with Crippen LogP contribution in [0, 0.1) is 0 Å². The average molecular weight is 457 g/mol. The number of nitrogens with one attached hydrogen (secondary N) is 2. The number of methoxy groups -OCH3 is 1. The predicted molar refractivity (Wildman–Crippen MR) is 120 cm³/mol. The third-order valence-corrected chi connectivity index (χ3v) is 5.76. The molecule has 1 aliphatic heterocycles. The van der Waals surface area contributed by atoms with Gasteiger partial charge in [-0.3, -0.25) is 9.69 Å². The molecule has 0 aromatic heterocycles. The van der Waals surface area contributed by atoms with Crippen LogP contribution in [-0.2, 0) is 14.3 Å². The molecular weight excluding hydrogens is 428 g/mol. The summed E-state index contributed by atoms with van der Waals surface area (Å²) in [7, 11) is 1.32. The number of ether oxygens (including phenoxy) is 1. The molecule has 1 unspecified atom stereocenters. The highest BCUT2D eigenvalue weighted by Gasteiger charge is 2.26. The lowest BCUT2D eigenvalue weighted by atomic mass is 10.2. The first kappa shape index (κ1) is 24.3.